The number of rotatable bonds is 7. The van der Waals surface area contributed by atoms with Gasteiger partial charge in [0.25, 0.3) is 0 Å². The summed E-state index contributed by atoms with van der Waals surface area (Å²) in [4.78, 5) is 10.6. The maximum Gasteiger partial charge on any atom is 0.129 e. The predicted octanol–water partition coefficient (Wildman–Crippen LogP) is 4.99. The third kappa shape index (κ3) is 4.71. The largest absolute Gasteiger partial charge is 0.457 e. The zero-order valence-corrected chi connectivity index (χ0v) is 16.7. The third-order valence-electron chi connectivity index (χ3n) is 5.50. The molecule has 29 heavy (non-hydrogen) atoms. The molecule has 150 valence electrons. The van der Waals surface area contributed by atoms with E-state index < -0.39 is 0 Å². The summed E-state index contributed by atoms with van der Waals surface area (Å²) in [7, 11) is 0. The molecule has 1 saturated heterocycles. The third-order valence-corrected chi connectivity index (χ3v) is 5.50. The highest BCUT2D eigenvalue weighted by atomic mass is 16.5. The Kier molecular flexibility index (Phi) is 5.71. The fourth-order valence-corrected chi connectivity index (χ4v) is 3.69. The van der Waals surface area contributed by atoms with Crippen molar-refractivity contribution in [3.05, 3.63) is 53.9 Å². The lowest BCUT2D eigenvalue weighted by atomic mass is 9.99. The van der Waals surface area contributed by atoms with E-state index in [2.05, 4.69) is 16.8 Å². The summed E-state index contributed by atoms with van der Waals surface area (Å²) in [6, 6.07) is 13.3. The SMILES string of the molecule is CC1CCN(Cc2nc3ccc(Oc4ccc(C(=N)CC=N)cc4)cc3[nH]2)CC1. The number of hydrogen-bond donors (Lipinski definition) is 3. The van der Waals surface area contributed by atoms with Gasteiger partial charge in [-0.2, -0.15) is 0 Å². The van der Waals surface area contributed by atoms with E-state index in [4.69, 9.17) is 20.5 Å². The van der Waals surface area contributed by atoms with E-state index in [9.17, 15) is 0 Å². The van der Waals surface area contributed by atoms with Crippen LogP contribution in [0.2, 0.25) is 0 Å². The first-order valence-electron chi connectivity index (χ1n) is 10.2. The average molecular weight is 390 g/mol. The minimum Gasteiger partial charge on any atom is -0.457 e. The minimum atomic E-state index is 0.343. The number of fused-ring (bicyclic) bond motifs is 1. The van der Waals surface area contributed by atoms with Crippen LogP contribution in [0.3, 0.4) is 0 Å². The first-order chi connectivity index (χ1) is 14.1. The molecule has 0 spiro atoms. The number of nitrogens with one attached hydrogen (secondary N) is 3. The standard InChI is InChI=1S/C23H27N5O/c1-16-9-12-28(13-10-16)15-23-26-21-7-6-19(14-22(21)27-23)29-18-4-2-17(3-5-18)20(25)8-11-24/h2-7,11,14,16,24-25H,8-10,12-13,15H2,1H3,(H,26,27). The number of H-pyrrole nitrogens is 1. The molecule has 1 aliphatic heterocycles. The highest BCUT2D eigenvalue weighted by Crippen LogP contribution is 2.26. The van der Waals surface area contributed by atoms with Crippen molar-refractivity contribution in [1.82, 2.24) is 14.9 Å². The molecule has 1 fully saturated rings. The number of likely N-dealkylation sites (tertiary alicyclic amines) is 1. The van der Waals surface area contributed by atoms with Crippen LogP contribution >= 0.6 is 0 Å². The number of ether oxygens (including phenoxy) is 1. The maximum atomic E-state index is 7.91. The highest BCUT2D eigenvalue weighted by molar-refractivity contribution is 6.04. The van der Waals surface area contributed by atoms with Crippen LogP contribution in [0.1, 0.15) is 37.6 Å². The van der Waals surface area contributed by atoms with Gasteiger partial charge in [-0.25, -0.2) is 4.98 Å². The van der Waals surface area contributed by atoms with Gasteiger partial charge in [0.1, 0.15) is 17.3 Å². The van der Waals surface area contributed by atoms with E-state index in [1.165, 1.54) is 19.1 Å². The van der Waals surface area contributed by atoms with E-state index in [-0.39, 0.29) is 0 Å². The molecule has 0 bridgehead atoms. The van der Waals surface area contributed by atoms with Crippen molar-refractivity contribution >= 4 is 23.0 Å². The molecule has 2 heterocycles. The number of nitrogens with zero attached hydrogens (tertiary/aromatic N) is 2. The average Bonchev–Trinajstić information content (AvgIpc) is 3.12. The molecular formula is C23H27N5O. The molecule has 0 aliphatic carbocycles. The van der Waals surface area contributed by atoms with Gasteiger partial charge in [0.15, 0.2) is 0 Å². The first kappa shape index (κ1) is 19.3. The smallest absolute Gasteiger partial charge is 0.129 e. The summed E-state index contributed by atoms with van der Waals surface area (Å²) in [6.07, 6.45) is 4.11. The lowest BCUT2D eigenvalue weighted by Gasteiger charge is -2.29. The highest BCUT2D eigenvalue weighted by Gasteiger charge is 2.17. The molecule has 3 N–H and O–H groups in total. The molecule has 6 nitrogen and oxygen atoms in total. The second-order valence-corrected chi connectivity index (χ2v) is 7.83. The lowest BCUT2D eigenvalue weighted by molar-refractivity contribution is 0.182. The fraction of sp³-hybridized carbons (Fsp3) is 0.348. The Labute approximate surface area is 170 Å². The van der Waals surface area contributed by atoms with Crippen LogP contribution < -0.4 is 4.74 Å². The molecule has 0 radical (unpaired) electrons. The van der Waals surface area contributed by atoms with Gasteiger partial charge < -0.3 is 20.5 Å². The number of benzene rings is 2. The van der Waals surface area contributed by atoms with Crippen molar-refractivity contribution in [1.29, 1.82) is 10.8 Å². The molecule has 1 aromatic heterocycles. The molecule has 0 saturated carbocycles. The van der Waals surface area contributed by atoms with Crippen molar-refractivity contribution in [3.8, 4) is 11.5 Å². The number of imidazole rings is 1. The van der Waals surface area contributed by atoms with Gasteiger partial charge in [0.05, 0.1) is 17.6 Å². The minimum absolute atomic E-state index is 0.343. The van der Waals surface area contributed by atoms with Gasteiger partial charge in [-0.3, -0.25) is 4.90 Å². The first-order valence-corrected chi connectivity index (χ1v) is 10.2. The fourth-order valence-electron chi connectivity index (χ4n) is 3.69. The van der Waals surface area contributed by atoms with E-state index >= 15 is 0 Å². The van der Waals surface area contributed by atoms with Gasteiger partial charge in [0.2, 0.25) is 0 Å². The van der Waals surface area contributed by atoms with E-state index in [1.54, 1.807) is 0 Å². The van der Waals surface area contributed by atoms with Crippen molar-refractivity contribution in [2.24, 2.45) is 5.92 Å². The van der Waals surface area contributed by atoms with Crippen molar-refractivity contribution < 1.29 is 4.74 Å². The number of aromatic amines is 1. The zero-order valence-electron chi connectivity index (χ0n) is 16.7. The molecule has 4 rings (SSSR count). The molecule has 3 aromatic rings. The topological polar surface area (TPSA) is 88.8 Å². The second-order valence-electron chi connectivity index (χ2n) is 7.83. The van der Waals surface area contributed by atoms with Crippen LogP contribution in [0.15, 0.2) is 42.5 Å². The number of hydrogen-bond acceptors (Lipinski definition) is 5. The summed E-state index contributed by atoms with van der Waals surface area (Å²) in [5.41, 5.74) is 3.17. The number of aromatic nitrogens is 2. The van der Waals surface area contributed by atoms with Gasteiger partial charge in [-0.15, -0.1) is 0 Å². The van der Waals surface area contributed by atoms with Gasteiger partial charge in [0, 0.05) is 24.4 Å². The monoisotopic (exact) mass is 389 g/mol. The molecule has 2 aromatic carbocycles. The van der Waals surface area contributed by atoms with E-state index in [1.807, 2.05) is 42.5 Å². The Morgan fingerprint density at radius 3 is 2.62 bits per heavy atom. The summed E-state index contributed by atoms with van der Waals surface area (Å²) >= 11 is 0. The van der Waals surface area contributed by atoms with E-state index in [0.29, 0.717) is 12.1 Å². The van der Waals surface area contributed by atoms with Crippen LogP contribution in [0.4, 0.5) is 0 Å². The van der Waals surface area contributed by atoms with Crippen molar-refractivity contribution in [3.63, 3.8) is 0 Å². The lowest BCUT2D eigenvalue weighted by Crippen LogP contribution is -2.32. The Balaban J connectivity index is 1.43. The van der Waals surface area contributed by atoms with Crippen LogP contribution in [-0.4, -0.2) is 39.9 Å². The molecule has 1 aliphatic rings. The Bertz CT molecular complexity index is 1000. The van der Waals surface area contributed by atoms with Gasteiger partial charge in [-0.05, 0) is 73.8 Å². The second kappa shape index (κ2) is 8.57. The Hall–Kier alpha value is -2.99. The van der Waals surface area contributed by atoms with Crippen LogP contribution in [0.25, 0.3) is 11.0 Å². The quantitative estimate of drug-likeness (QED) is 0.497. The zero-order chi connectivity index (χ0) is 20.2. The Morgan fingerprint density at radius 2 is 1.90 bits per heavy atom. The van der Waals surface area contributed by atoms with Gasteiger partial charge in [-0.1, -0.05) is 6.92 Å². The summed E-state index contributed by atoms with van der Waals surface area (Å²) in [5.74, 6) is 3.30. The van der Waals surface area contributed by atoms with Crippen molar-refractivity contribution in [2.75, 3.05) is 13.1 Å². The molecular weight excluding hydrogens is 362 g/mol. The summed E-state index contributed by atoms with van der Waals surface area (Å²) in [6.45, 7) is 5.47. The van der Waals surface area contributed by atoms with Crippen LogP contribution in [0.5, 0.6) is 11.5 Å². The Morgan fingerprint density at radius 1 is 1.17 bits per heavy atom. The maximum absolute atomic E-state index is 7.91. The molecule has 6 heteroatoms. The van der Waals surface area contributed by atoms with Crippen LogP contribution in [0, 0.1) is 16.7 Å². The van der Waals surface area contributed by atoms with Crippen molar-refractivity contribution in [2.45, 2.75) is 32.7 Å². The van der Waals surface area contributed by atoms with Gasteiger partial charge >= 0.3 is 0 Å². The number of piperidine rings is 1. The summed E-state index contributed by atoms with van der Waals surface area (Å²) in [5, 5.41) is 15.0. The van der Waals surface area contributed by atoms with Crippen LogP contribution in [-0.2, 0) is 6.54 Å². The summed E-state index contributed by atoms with van der Waals surface area (Å²) < 4.78 is 5.98. The molecule has 0 unspecified atom stereocenters. The molecule has 0 atom stereocenters. The normalized spacial score (nSPS) is 15.5. The molecule has 0 amide bonds. The van der Waals surface area contributed by atoms with E-state index in [0.717, 1.165) is 59.5 Å². The predicted molar refractivity (Wildman–Crippen MR) is 117 cm³/mol.